The maximum Gasteiger partial charge on any atom is 0.244 e. The molecule has 1 atom stereocenters. The van der Waals surface area contributed by atoms with Gasteiger partial charge in [-0.3, -0.25) is 14.5 Å². The standard InChI is InChI=1S/C21H27N3O3/c1-5-24(18-9-7-6-8-10-18)21(26)16(2)23(3)15-20(25)22-17-11-13-19(27-4)14-12-17/h6-14,16H,5,15H2,1-4H3,(H,22,25)/t16-/m1/s1. The number of carbonyl (C=O) groups excluding carboxylic acids is 2. The van der Waals surface area contributed by atoms with Crippen molar-refractivity contribution in [3.05, 3.63) is 54.6 Å². The zero-order chi connectivity index (χ0) is 19.8. The summed E-state index contributed by atoms with van der Waals surface area (Å²) < 4.78 is 5.10. The van der Waals surface area contributed by atoms with Gasteiger partial charge in [0.2, 0.25) is 11.8 Å². The number of para-hydroxylation sites is 1. The summed E-state index contributed by atoms with van der Waals surface area (Å²) in [6, 6.07) is 16.2. The predicted molar refractivity (Wildman–Crippen MR) is 108 cm³/mol. The van der Waals surface area contributed by atoms with Crippen molar-refractivity contribution >= 4 is 23.2 Å². The van der Waals surface area contributed by atoms with Crippen LogP contribution in [0.15, 0.2) is 54.6 Å². The second-order valence-electron chi connectivity index (χ2n) is 6.29. The van der Waals surface area contributed by atoms with E-state index in [1.807, 2.05) is 44.2 Å². The summed E-state index contributed by atoms with van der Waals surface area (Å²) in [6.07, 6.45) is 0. The number of amides is 2. The number of nitrogens with zero attached hydrogens (tertiary/aromatic N) is 2. The van der Waals surface area contributed by atoms with E-state index in [-0.39, 0.29) is 18.4 Å². The van der Waals surface area contributed by atoms with Crippen LogP contribution in [0.4, 0.5) is 11.4 Å². The average Bonchev–Trinajstić information content (AvgIpc) is 2.69. The SMILES string of the molecule is CCN(C(=O)[C@@H](C)N(C)CC(=O)Nc1ccc(OC)cc1)c1ccccc1. The molecule has 0 aliphatic heterocycles. The second-order valence-corrected chi connectivity index (χ2v) is 6.29. The van der Waals surface area contributed by atoms with Gasteiger partial charge in [0.15, 0.2) is 0 Å². The van der Waals surface area contributed by atoms with Crippen molar-refractivity contribution in [2.24, 2.45) is 0 Å². The van der Waals surface area contributed by atoms with Gasteiger partial charge in [-0.05, 0) is 57.3 Å². The molecule has 0 saturated carbocycles. The van der Waals surface area contributed by atoms with E-state index in [1.54, 1.807) is 48.2 Å². The Labute approximate surface area is 160 Å². The summed E-state index contributed by atoms with van der Waals surface area (Å²) >= 11 is 0. The maximum atomic E-state index is 12.9. The molecule has 0 heterocycles. The van der Waals surface area contributed by atoms with Crippen LogP contribution in [-0.2, 0) is 9.59 Å². The summed E-state index contributed by atoms with van der Waals surface area (Å²) in [6.45, 7) is 4.44. The van der Waals surface area contributed by atoms with Gasteiger partial charge in [-0.2, -0.15) is 0 Å². The van der Waals surface area contributed by atoms with E-state index in [0.29, 0.717) is 12.2 Å². The molecule has 0 bridgehead atoms. The number of carbonyl (C=O) groups is 2. The smallest absolute Gasteiger partial charge is 0.244 e. The highest BCUT2D eigenvalue weighted by Crippen LogP contribution is 2.17. The number of rotatable bonds is 8. The third kappa shape index (κ3) is 5.56. The Hall–Kier alpha value is -2.86. The molecule has 2 aromatic rings. The summed E-state index contributed by atoms with van der Waals surface area (Å²) in [5.41, 5.74) is 1.54. The highest BCUT2D eigenvalue weighted by Gasteiger charge is 2.25. The summed E-state index contributed by atoms with van der Waals surface area (Å²) in [7, 11) is 3.37. The lowest BCUT2D eigenvalue weighted by Gasteiger charge is -2.29. The number of hydrogen-bond donors (Lipinski definition) is 1. The molecule has 6 heteroatoms. The number of anilines is 2. The highest BCUT2D eigenvalue weighted by molar-refractivity contribution is 5.98. The molecule has 2 amide bonds. The van der Waals surface area contributed by atoms with Gasteiger partial charge in [-0.1, -0.05) is 18.2 Å². The Morgan fingerprint density at radius 3 is 2.26 bits per heavy atom. The summed E-state index contributed by atoms with van der Waals surface area (Å²) in [4.78, 5) is 28.6. The Kier molecular flexibility index (Phi) is 7.37. The van der Waals surface area contributed by atoms with Crippen LogP contribution >= 0.6 is 0 Å². The number of likely N-dealkylation sites (N-methyl/N-ethyl adjacent to an activating group) is 2. The lowest BCUT2D eigenvalue weighted by atomic mass is 10.2. The van der Waals surface area contributed by atoms with Crippen LogP contribution in [0.2, 0.25) is 0 Å². The molecule has 0 aromatic heterocycles. The van der Waals surface area contributed by atoms with Crippen molar-refractivity contribution in [3.63, 3.8) is 0 Å². The number of benzene rings is 2. The minimum absolute atomic E-state index is 0.0385. The second kappa shape index (κ2) is 9.73. The fourth-order valence-corrected chi connectivity index (χ4v) is 2.73. The van der Waals surface area contributed by atoms with Gasteiger partial charge < -0.3 is 15.0 Å². The predicted octanol–water partition coefficient (Wildman–Crippen LogP) is 3.01. The molecule has 2 rings (SSSR count). The van der Waals surface area contributed by atoms with Gasteiger partial charge in [-0.25, -0.2) is 0 Å². The number of nitrogens with one attached hydrogen (secondary N) is 1. The molecule has 6 nitrogen and oxygen atoms in total. The number of ether oxygens (including phenoxy) is 1. The van der Waals surface area contributed by atoms with E-state index < -0.39 is 6.04 Å². The van der Waals surface area contributed by atoms with E-state index in [9.17, 15) is 9.59 Å². The van der Waals surface area contributed by atoms with Crippen molar-refractivity contribution in [3.8, 4) is 5.75 Å². The van der Waals surface area contributed by atoms with Crippen LogP contribution < -0.4 is 15.0 Å². The normalized spacial score (nSPS) is 11.7. The molecule has 27 heavy (non-hydrogen) atoms. The first-order valence-electron chi connectivity index (χ1n) is 8.96. The van der Waals surface area contributed by atoms with E-state index >= 15 is 0 Å². The van der Waals surface area contributed by atoms with Crippen molar-refractivity contribution in [1.82, 2.24) is 4.90 Å². The van der Waals surface area contributed by atoms with Crippen LogP contribution in [-0.4, -0.2) is 50.0 Å². The first-order chi connectivity index (χ1) is 13.0. The summed E-state index contributed by atoms with van der Waals surface area (Å²) in [5, 5.41) is 2.83. The first-order valence-corrected chi connectivity index (χ1v) is 8.96. The lowest BCUT2D eigenvalue weighted by Crippen LogP contribution is -2.48. The fourth-order valence-electron chi connectivity index (χ4n) is 2.73. The number of hydrogen-bond acceptors (Lipinski definition) is 4. The van der Waals surface area contributed by atoms with Crippen LogP contribution in [0.1, 0.15) is 13.8 Å². The minimum Gasteiger partial charge on any atom is -0.497 e. The van der Waals surface area contributed by atoms with Crippen molar-refractivity contribution in [2.45, 2.75) is 19.9 Å². The van der Waals surface area contributed by atoms with E-state index in [2.05, 4.69) is 5.32 Å². The molecule has 144 valence electrons. The Morgan fingerprint density at radius 2 is 1.70 bits per heavy atom. The molecule has 0 radical (unpaired) electrons. The third-order valence-electron chi connectivity index (χ3n) is 4.44. The van der Waals surface area contributed by atoms with Crippen molar-refractivity contribution < 1.29 is 14.3 Å². The van der Waals surface area contributed by atoms with Gasteiger partial charge in [0.05, 0.1) is 19.7 Å². The van der Waals surface area contributed by atoms with Crippen molar-refractivity contribution in [1.29, 1.82) is 0 Å². The molecular formula is C21H27N3O3. The number of methoxy groups -OCH3 is 1. The van der Waals surface area contributed by atoms with Gasteiger partial charge in [0.25, 0.3) is 0 Å². The average molecular weight is 369 g/mol. The summed E-state index contributed by atoms with van der Waals surface area (Å²) in [5.74, 6) is 0.512. The fraction of sp³-hybridized carbons (Fsp3) is 0.333. The molecule has 0 spiro atoms. The van der Waals surface area contributed by atoms with Crippen LogP contribution in [0.25, 0.3) is 0 Å². The first kappa shape index (κ1) is 20.5. The zero-order valence-corrected chi connectivity index (χ0v) is 16.3. The van der Waals surface area contributed by atoms with Crippen LogP contribution in [0.3, 0.4) is 0 Å². The van der Waals surface area contributed by atoms with Crippen LogP contribution in [0.5, 0.6) is 5.75 Å². The van der Waals surface area contributed by atoms with Gasteiger partial charge >= 0.3 is 0 Å². The molecule has 2 aromatic carbocycles. The topological polar surface area (TPSA) is 61.9 Å². The van der Waals surface area contributed by atoms with E-state index in [4.69, 9.17) is 4.74 Å². The Morgan fingerprint density at radius 1 is 1.07 bits per heavy atom. The van der Waals surface area contributed by atoms with E-state index in [1.165, 1.54) is 0 Å². The Bertz CT molecular complexity index is 747. The van der Waals surface area contributed by atoms with E-state index in [0.717, 1.165) is 11.4 Å². The highest BCUT2D eigenvalue weighted by atomic mass is 16.5. The quantitative estimate of drug-likeness (QED) is 0.777. The molecule has 0 saturated heterocycles. The molecule has 0 unspecified atom stereocenters. The minimum atomic E-state index is -0.424. The molecule has 0 aliphatic carbocycles. The largest absolute Gasteiger partial charge is 0.497 e. The van der Waals surface area contributed by atoms with Gasteiger partial charge in [0.1, 0.15) is 5.75 Å². The monoisotopic (exact) mass is 369 g/mol. The zero-order valence-electron chi connectivity index (χ0n) is 16.3. The Balaban J connectivity index is 1.95. The van der Waals surface area contributed by atoms with Crippen LogP contribution in [0, 0.1) is 0 Å². The van der Waals surface area contributed by atoms with Gasteiger partial charge in [0, 0.05) is 17.9 Å². The van der Waals surface area contributed by atoms with Crippen molar-refractivity contribution in [2.75, 3.05) is 37.5 Å². The maximum absolute atomic E-state index is 12.9. The molecule has 0 fully saturated rings. The third-order valence-corrected chi connectivity index (χ3v) is 4.44. The molecular weight excluding hydrogens is 342 g/mol. The molecule has 1 N–H and O–H groups in total. The molecule has 0 aliphatic rings. The van der Waals surface area contributed by atoms with Gasteiger partial charge in [-0.15, -0.1) is 0 Å². The lowest BCUT2D eigenvalue weighted by molar-refractivity contribution is -0.124.